The SMILES string of the molecule is C[C@@H]1O[C@@H](n2c3ccccc3c3ccccc32)[C@@H](C)O[C@H]1n1c2ccccc2c2ccccc21. The maximum absolute atomic E-state index is 6.81. The minimum atomic E-state index is -0.218. The minimum Gasteiger partial charge on any atom is -0.348 e. The van der Waals surface area contributed by atoms with Crippen molar-refractivity contribution >= 4 is 43.6 Å². The molecule has 0 saturated carbocycles. The van der Waals surface area contributed by atoms with Gasteiger partial charge in [-0.15, -0.1) is 0 Å². The summed E-state index contributed by atoms with van der Waals surface area (Å²) in [6.45, 7) is 4.25. The molecule has 3 heterocycles. The summed E-state index contributed by atoms with van der Waals surface area (Å²) < 4.78 is 18.2. The number of rotatable bonds is 2. The van der Waals surface area contributed by atoms with Crippen LogP contribution >= 0.6 is 0 Å². The van der Waals surface area contributed by atoms with Crippen LogP contribution in [0.1, 0.15) is 26.3 Å². The second-order valence-electron chi connectivity index (χ2n) is 9.27. The molecule has 0 spiro atoms. The molecule has 4 aromatic carbocycles. The zero-order valence-electron chi connectivity index (χ0n) is 19.3. The molecule has 168 valence electrons. The van der Waals surface area contributed by atoms with E-state index in [1.165, 1.54) is 43.6 Å². The van der Waals surface area contributed by atoms with E-state index in [1.54, 1.807) is 0 Å². The molecule has 7 rings (SSSR count). The molecule has 0 radical (unpaired) electrons. The van der Waals surface area contributed by atoms with E-state index in [1.807, 2.05) is 0 Å². The van der Waals surface area contributed by atoms with E-state index in [2.05, 4.69) is 120 Å². The average molecular weight is 447 g/mol. The molecule has 0 unspecified atom stereocenters. The lowest BCUT2D eigenvalue weighted by atomic mass is 10.2. The number of para-hydroxylation sites is 4. The third kappa shape index (κ3) is 2.73. The summed E-state index contributed by atoms with van der Waals surface area (Å²) in [6.07, 6.45) is -0.714. The van der Waals surface area contributed by atoms with Crippen LogP contribution in [0.4, 0.5) is 0 Å². The number of nitrogens with zero attached hydrogens (tertiary/aromatic N) is 2. The highest BCUT2D eigenvalue weighted by molar-refractivity contribution is 6.09. The fourth-order valence-corrected chi connectivity index (χ4v) is 5.79. The molecular formula is C30H26N2O2. The second-order valence-corrected chi connectivity index (χ2v) is 9.27. The summed E-state index contributed by atoms with van der Waals surface area (Å²) in [5.74, 6) is 0. The fraction of sp³-hybridized carbons (Fsp3) is 0.200. The molecule has 4 heteroatoms. The first kappa shape index (κ1) is 19.8. The van der Waals surface area contributed by atoms with Gasteiger partial charge in [0.25, 0.3) is 0 Å². The van der Waals surface area contributed by atoms with E-state index < -0.39 is 0 Å². The number of benzene rings is 4. The van der Waals surface area contributed by atoms with Crippen molar-refractivity contribution in [3.05, 3.63) is 97.1 Å². The molecule has 1 aliphatic rings. The van der Waals surface area contributed by atoms with Gasteiger partial charge in [-0.2, -0.15) is 0 Å². The van der Waals surface area contributed by atoms with Crippen LogP contribution in [-0.2, 0) is 9.47 Å². The number of fused-ring (bicyclic) bond motifs is 6. The van der Waals surface area contributed by atoms with Crippen LogP contribution in [0, 0.1) is 0 Å². The molecule has 0 aliphatic carbocycles. The van der Waals surface area contributed by atoms with E-state index in [0.29, 0.717) is 0 Å². The Morgan fingerprint density at radius 2 is 0.706 bits per heavy atom. The molecule has 2 aromatic heterocycles. The summed E-state index contributed by atoms with van der Waals surface area (Å²) in [6, 6.07) is 34.2. The van der Waals surface area contributed by atoms with Gasteiger partial charge in [0.1, 0.15) is 12.2 Å². The predicted octanol–water partition coefficient (Wildman–Crippen LogP) is 7.42. The molecule has 1 fully saturated rings. The molecular weight excluding hydrogens is 420 g/mol. The third-order valence-corrected chi connectivity index (χ3v) is 7.25. The van der Waals surface area contributed by atoms with Crippen molar-refractivity contribution < 1.29 is 9.47 Å². The maximum Gasteiger partial charge on any atom is 0.161 e. The summed E-state index contributed by atoms with van der Waals surface area (Å²) in [7, 11) is 0. The van der Waals surface area contributed by atoms with Crippen LogP contribution in [-0.4, -0.2) is 21.3 Å². The lowest BCUT2D eigenvalue weighted by molar-refractivity contribution is -0.254. The van der Waals surface area contributed by atoms with Gasteiger partial charge in [0.15, 0.2) is 12.5 Å². The average Bonchev–Trinajstić information content (AvgIpc) is 3.39. The van der Waals surface area contributed by atoms with Crippen LogP contribution in [0.2, 0.25) is 0 Å². The topological polar surface area (TPSA) is 28.3 Å². The monoisotopic (exact) mass is 446 g/mol. The van der Waals surface area contributed by atoms with Crippen molar-refractivity contribution in [3.8, 4) is 0 Å². The summed E-state index contributed by atoms with van der Waals surface area (Å²) >= 11 is 0. The Bertz CT molecular complexity index is 1450. The largest absolute Gasteiger partial charge is 0.348 e. The third-order valence-electron chi connectivity index (χ3n) is 7.25. The van der Waals surface area contributed by atoms with Gasteiger partial charge in [-0.1, -0.05) is 72.8 Å². The highest BCUT2D eigenvalue weighted by Crippen LogP contribution is 2.42. The lowest BCUT2D eigenvalue weighted by Gasteiger charge is -2.41. The first-order valence-electron chi connectivity index (χ1n) is 12.0. The summed E-state index contributed by atoms with van der Waals surface area (Å²) in [4.78, 5) is 0. The smallest absolute Gasteiger partial charge is 0.161 e. The highest BCUT2D eigenvalue weighted by Gasteiger charge is 2.38. The van der Waals surface area contributed by atoms with Gasteiger partial charge in [-0.25, -0.2) is 0 Å². The lowest BCUT2D eigenvalue weighted by Crippen LogP contribution is -2.42. The number of aromatic nitrogens is 2. The molecule has 4 atom stereocenters. The van der Waals surface area contributed by atoms with Gasteiger partial charge in [-0.05, 0) is 38.1 Å². The first-order chi connectivity index (χ1) is 16.7. The van der Waals surface area contributed by atoms with Crippen LogP contribution in [0.25, 0.3) is 43.6 Å². The Morgan fingerprint density at radius 1 is 0.441 bits per heavy atom. The standard InChI is InChI=1S/C30H26N2O2/c1-19-29(31-25-15-7-3-11-21(25)22-12-4-8-16-26(22)31)34-20(2)30(33-19)32-27-17-9-5-13-23(27)24-14-6-10-18-28(24)32/h3-20,29-30H,1-2H3/t19-,20+,29-,30-/m1/s1. The fourth-order valence-electron chi connectivity index (χ4n) is 5.79. The van der Waals surface area contributed by atoms with Crippen molar-refractivity contribution in [2.75, 3.05) is 0 Å². The summed E-state index contributed by atoms with van der Waals surface area (Å²) in [5.41, 5.74) is 4.69. The van der Waals surface area contributed by atoms with Gasteiger partial charge >= 0.3 is 0 Å². The Hall–Kier alpha value is -3.60. The molecule has 0 N–H and O–H groups in total. The van der Waals surface area contributed by atoms with Gasteiger partial charge in [0, 0.05) is 21.5 Å². The molecule has 0 amide bonds. The van der Waals surface area contributed by atoms with Crippen molar-refractivity contribution in [3.63, 3.8) is 0 Å². The Kier molecular flexibility index (Phi) is 4.35. The number of ether oxygens (including phenoxy) is 2. The molecule has 6 aromatic rings. The Morgan fingerprint density at radius 3 is 1.00 bits per heavy atom. The summed E-state index contributed by atoms with van der Waals surface area (Å²) in [5, 5.41) is 4.97. The van der Waals surface area contributed by atoms with Crippen LogP contribution < -0.4 is 0 Å². The quantitative estimate of drug-likeness (QED) is 0.277. The van der Waals surface area contributed by atoms with E-state index >= 15 is 0 Å². The van der Waals surface area contributed by atoms with Crippen molar-refractivity contribution in [2.24, 2.45) is 0 Å². The van der Waals surface area contributed by atoms with Crippen LogP contribution in [0.3, 0.4) is 0 Å². The second kappa shape index (κ2) is 7.45. The molecule has 1 saturated heterocycles. The first-order valence-corrected chi connectivity index (χ1v) is 12.0. The van der Waals surface area contributed by atoms with Crippen LogP contribution in [0.15, 0.2) is 97.1 Å². The number of hydrogen-bond donors (Lipinski definition) is 0. The number of hydrogen-bond acceptors (Lipinski definition) is 2. The Labute approximate surface area is 197 Å². The van der Waals surface area contributed by atoms with Crippen molar-refractivity contribution in [2.45, 2.75) is 38.5 Å². The van der Waals surface area contributed by atoms with Crippen molar-refractivity contribution in [1.29, 1.82) is 0 Å². The maximum atomic E-state index is 6.81. The zero-order chi connectivity index (χ0) is 22.8. The van der Waals surface area contributed by atoms with Gasteiger partial charge in [0.2, 0.25) is 0 Å². The molecule has 0 bridgehead atoms. The van der Waals surface area contributed by atoms with Gasteiger partial charge < -0.3 is 18.6 Å². The van der Waals surface area contributed by atoms with Gasteiger partial charge in [-0.3, -0.25) is 0 Å². The normalized spacial score (nSPS) is 23.4. The van der Waals surface area contributed by atoms with E-state index in [4.69, 9.17) is 9.47 Å². The van der Waals surface area contributed by atoms with Crippen molar-refractivity contribution in [1.82, 2.24) is 9.13 Å². The molecule has 1 aliphatic heterocycles. The molecule has 34 heavy (non-hydrogen) atoms. The van der Waals surface area contributed by atoms with Crippen LogP contribution in [0.5, 0.6) is 0 Å². The van der Waals surface area contributed by atoms with Gasteiger partial charge in [0.05, 0.1) is 22.1 Å². The predicted molar refractivity (Wildman–Crippen MR) is 138 cm³/mol. The molecule has 4 nitrogen and oxygen atoms in total. The Balaban J connectivity index is 1.36. The van der Waals surface area contributed by atoms with E-state index in [9.17, 15) is 0 Å². The van der Waals surface area contributed by atoms with E-state index in [0.717, 1.165) is 0 Å². The van der Waals surface area contributed by atoms with E-state index in [-0.39, 0.29) is 24.7 Å². The highest BCUT2D eigenvalue weighted by atomic mass is 16.6. The zero-order valence-corrected chi connectivity index (χ0v) is 19.3. The minimum absolute atomic E-state index is 0.139.